The molecule has 0 unspecified atom stereocenters. The van der Waals surface area contributed by atoms with Crippen molar-refractivity contribution < 1.29 is 14.2 Å². The summed E-state index contributed by atoms with van der Waals surface area (Å²) in [5.41, 5.74) is 2.33. The van der Waals surface area contributed by atoms with Crippen LogP contribution in [0, 0.1) is 0 Å². The highest BCUT2D eigenvalue weighted by Gasteiger charge is 2.22. The zero-order valence-corrected chi connectivity index (χ0v) is 15.7. The second-order valence-electron chi connectivity index (χ2n) is 7.27. The van der Waals surface area contributed by atoms with Crippen molar-refractivity contribution in [3.63, 3.8) is 0 Å². The molecule has 0 radical (unpaired) electrons. The molecule has 6 heteroatoms. The molecule has 1 atom stereocenters. The van der Waals surface area contributed by atoms with Gasteiger partial charge in [-0.2, -0.15) is 0 Å². The zero-order valence-electron chi connectivity index (χ0n) is 15.7. The third-order valence-electron chi connectivity index (χ3n) is 5.25. The number of benzene rings is 2. The van der Waals surface area contributed by atoms with Crippen LogP contribution in [-0.2, 0) is 6.54 Å². The lowest BCUT2D eigenvalue weighted by molar-refractivity contribution is 0.0843. The highest BCUT2D eigenvalue weighted by Crippen LogP contribution is 2.33. The summed E-state index contributed by atoms with van der Waals surface area (Å²) in [5, 5.41) is 0. The second-order valence-corrected chi connectivity index (χ2v) is 7.27. The van der Waals surface area contributed by atoms with Gasteiger partial charge in [-0.3, -0.25) is 4.90 Å². The molecule has 6 nitrogen and oxygen atoms in total. The standard InChI is InChI=1S/C22H23N3O3/c1-2-20(28-19-6-4-18(5-7-19)25-11-9-23-15-25)14-24(10-1)13-17-3-8-21-22(12-17)27-16-26-21/h3-9,11-12,15,20H,1-2,10,13-14,16H2/t20-/m1/s1. The average Bonchev–Trinajstić information content (AvgIpc) is 3.41. The van der Waals surface area contributed by atoms with Gasteiger partial charge in [-0.1, -0.05) is 6.07 Å². The average molecular weight is 377 g/mol. The van der Waals surface area contributed by atoms with E-state index in [1.165, 1.54) is 5.56 Å². The van der Waals surface area contributed by atoms with E-state index in [1.807, 2.05) is 29.0 Å². The van der Waals surface area contributed by atoms with Gasteiger partial charge in [0, 0.05) is 31.2 Å². The van der Waals surface area contributed by atoms with Crippen molar-refractivity contribution in [2.45, 2.75) is 25.5 Å². The number of hydrogen-bond donors (Lipinski definition) is 0. The number of ether oxygens (including phenoxy) is 3. The van der Waals surface area contributed by atoms with Crippen LogP contribution in [-0.4, -0.2) is 40.4 Å². The largest absolute Gasteiger partial charge is 0.489 e. The smallest absolute Gasteiger partial charge is 0.231 e. The minimum atomic E-state index is 0.210. The van der Waals surface area contributed by atoms with Crippen LogP contribution in [0.15, 0.2) is 61.2 Å². The Hall–Kier alpha value is -2.99. The van der Waals surface area contributed by atoms with Crippen LogP contribution in [0.1, 0.15) is 18.4 Å². The Bertz CT molecular complexity index is 925. The van der Waals surface area contributed by atoms with Gasteiger partial charge in [-0.05, 0) is 61.3 Å². The van der Waals surface area contributed by atoms with Gasteiger partial charge in [0.2, 0.25) is 6.79 Å². The van der Waals surface area contributed by atoms with Crippen LogP contribution in [0.25, 0.3) is 5.69 Å². The molecule has 0 saturated carbocycles. The molecule has 0 amide bonds. The first-order valence-electron chi connectivity index (χ1n) is 9.69. The van der Waals surface area contributed by atoms with Crippen LogP contribution < -0.4 is 14.2 Å². The summed E-state index contributed by atoms with van der Waals surface area (Å²) in [6, 6.07) is 14.4. The highest BCUT2D eigenvalue weighted by atomic mass is 16.7. The van der Waals surface area contributed by atoms with Crippen molar-refractivity contribution in [3.8, 4) is 22.9 Å². The van der Waals surface area contributed by atoms with Crippen LogP contribution in [0.2, 0.25) is 0 Å². The minimum Gasteiger partial charge on any atom is -0.489 e. The summed E-state index contributed by atoms with van der Waals surface area (Å²) in [4.78, 5) is 6.54. The Morgan fingerprint density at radius 3 is 2.82 bits per heavy atom. The Kier molecular flexibility index (Phi) is 4.62. The summed E-state index contributed by atoms with van der Waals surface area (Å²) < 4.78 is 19.1. The molecule has 3 heterocycles. The second kappa shape index (κ2) is 7.56. The van der Waals surface area contributed by atoms with E-state index >= 15 is 0 Å². The van der Waals surface area contributed by atoms with E-state index in [4.69, 9.17) is 14.2 Å². The maximum absolute atomic E-state index is 6.26. The van der Waals surface area contributed by atoms with Gasteiger partial charge in [-0.25, -0.2) is 4.98 Å². The Labute approximate surface area is 164 Å². The molecule has 144 valence electrons. The molecule has 2 aromatic carbocycles. The lowest BCUT2D eigenvalue weighted by atomic mass is 10.1. The molecule has 1 saturated heterocycles. The molecule has 3 aromatic rings. The number of piperidine rings is 1. The van der Waals surface area contributed by atoms with Crippen LogP contribution in [0.5, 0.6) is 17.2 Å². The van der Waals surface area contributed by atoms with Gasteiger partial charge >= 0.3 is 0 Å². The molecule has 0 spiro atoms. The van der Waals surface area contributed by atoms with Gasteiger partial charge in [-0.15, -0.1) is 0 Å². The monoisotopic (exact) mass is 377 g/mol. The zero-order chi connectivity index (χ0) is 18.8. The number of hydrogen-bond acceptors (Lipinski definition) is 5. The van der Waals surface area contributed by atoms with Gasteiger partial charge in [0.25, 0.3) is 0 Å². The number of likely N-dealkylation sites (tertiary alicyclic amines) is 1. The fourth-order valence-electron chi connectivity index (χ4n) is 3.85. The van der Waals surface area contributed by atoms with Crippen molar-refractivity contribution in [3.05, 3.63) is 66.7 Å². The molecule has 0 aliphatic carbocycles. The van der Waals surface area contributed by atoms with Gasteiger partial charge in [0.1, 0.15) is 11.9 Å². The Balaban J connectivity index is 1.20. The lowest BCUT2D eigenvalue weighted by Gasteiger charge is -2.33. The van der Waals surface area contributed by atoms with E-state index in [0.29, 0.717) is 6.79 Å². The molecule has 0 N–H and O–H groups in total. The number of fused-ring (bicyclic) bond motifs is 1. The van der Waals surface area contributed by atoms with Crippen LogP contribution in [0.3, 0.4) is 0 Å². The van der Waals surface area contributed by atoms with Crippen LogP contribution >= 0.6 is 0 Å². The SMILES string of the molecule is c1cn(-c2ccc(O[C@@H]3CCCN(Cc4ccc5c(c4)OCO5)C3)cc2)cn1. The van der Waals surface area contributed by atoms with Crippen LogP contribution in [0.4, 0.5) is 0 Å². The molecule has 28 heavy (non-hydrogen) atoms. The van der Waals surface area contributed by atoms with Gasteiger partial charge < -0.3 is 18.8 Å². The van der Waals surface area contributed by atoms with E-state index in [2.05, 4.69) is 34.1 Å². The number of rotatable bonds is 5. The van der Waals surface area contributed by atoms with E-state index < -0.39 is 0 Å². The summed E-state index contributed by atoms with van der Waals surface area (Å²) in [5.74, 6) is 2.60. The topological polar surface area (TPSA) is 48.8 Å². The third kappa shape index (κ3) is 3.68. The van der Waals surface area contributed by atoms with Gasteiger partial charge in [0.15, 0.2) is 11.5 Å². The number of aromatic nitrogens is 2. The third-order valence-corrected chi connectivity index (χ3v) is 5.25. The summed E-state index contributed by atoms with van der Waals surface area (Å²) in [7, 11) is 0. The van der Waals surface area contributed by atoms with E-state index in [0.717, 1.165) is 55.4 Å². The highest BCUT2D eigenvalue weighted by molar-refractivity contribution is 5.44. The quantitative estimate of drug-likeness (QED) is 0.679. The molecule has 0 bridgehead atoms. The van der Waals surface area contributed by atoms with Crippen molar-refractivity contribution >= 4 is 0 Å². The first-order chi connectivity index (χ1) is 13.8. The number of imidazole rings is 1. The van der Waals surface area contributed by atoms with E-state index in [1.54, 1.807) is 12.5 Å². The predicted octanol–water partition coefficient (Wildman–Crippen LogP) is 3.64. The molecule has 2 aliphatic rings. The maximum atomic E-state index is 6.26. The lowest BCUT2D eigenvalue weighted by Crippen LogP contribution is -2.40. The van der Waals surface area contributed by atoms with Crippen molar-refractivity contribution in [2.75, 3.05) is 19.9 Å². The number of nitrogens with zero attached hydrogens (tertiary/aromatic N) is 3. The Morgan fingerprint density at radius 2 is 1.96 bits per heavy atom. The summed E-state index contributed by atoms with van der Waals surface area (Å²) in [6.07, 6.45) is 7.95. The molecular weight excluding hydrogens is 354 g/mol. The predicted molar refractivity (Wildman–Crippen MR) is 105 cm³/mol. The fraction of sp³-hybridized carbons (Fsp3) is 0.318. The molecular formula is C22H23N3O3. The maximum Gasteiger partial charge on any atom is 0.231 e. The molecule has 5 rings (SSSR count). The molecule has 2 aliphatic heterocycles. The van der Waals surface area contributed by atoms with Crippen molar-refractivity contribution in [1.82, 2.24) is 14.5 Å². The van der Waals surface area contributed by atoms with E-state index in [9.17, 15) is 0 Å². The minimum absolute atomic E-state index is 0.210. The molecule has 1 aromatic heterocycles. The Morgan fingerprint density at radius 1 is 1.07 bits per heavy atom. The van der Waals surface area contributed by atoms with Gasteiger partial charge in [0.05, 0.1) is 6.33 Å². The molecule has 1 fully saturated rings. The fourth-order valence-corrected chi connectivity index (χ4v) is 3.85. The summed E-state index contributed by atoms with van der Waals surface area (Å²) in [6.45, 7) is 3.24. The normalized spacial score (nSPS) is 18.9. The first kappa shape index (κ1) is 17.1. The van der Waals surface area contributed by atoms with E-state index in [-0.39, 0.29) is 6.10 Å². The summed E-state index contributed by atoms with van der Waals surface area (Å²) >= 11 is 0. The van der Waals surface area contributed by atoms with Crippen molar-refractivity contribution in [2.24, 2.45) is 0 Å². The first-order valence-corrected chi connectivity index (χ1v) is 9.69. The van der Waals surface area contributed by atoms with Crippen molar-refractivity contribution in [1.29, 1.82) is 0 Å².